The molecule has 0 spiro atoms. The van der Waals surface area contributed by atoms with Gasteiger partial charge in [0.05, 0.1) is 14.2 Å². The Bertz CT molecular complexity index is 707. The lowest BCUT2D eigenvalue weighted by molar-refractivity contribution is -0.885. The van der Waals surface area contributed by atoms with E-state index in [4.69, 9.17) is 27.9 Å². The highest BCUT2D eigenvalue weighted by atomic mass is 35.5. The van der Waals surface area contributed by atoms with Crippen molar-refractivity contribution in [3.63, 3.8) is 0 Å². The van der Waals surface area contributed by atoms with Gasteiger partial charge in [-0.1, -0.05) is 35.3 Å². The van der Waals surface area contributed by atoms with E-state index < -0.39 is 0 Å². The molecule has 4 nitrogen and oxygen atoms in total. The maximum atomic E-state index is 12.1. The standard InChI is InChI=1S/C18H20Cl2N2O2/c1-22(11-14-9-16(20)6-7-17(14)24-2)12-18(23)21-10-13-4-3-5-15(19)8-13/h3-9H,10-12H2,1-2H3,(H,21,23)/p+1. The summed E-state index contributed by atoms with van der Waals surface area (Å²) in [7, 11) is 3.58. The molecule has 0 bridgehead atoms. The number of amides is 1. The third-order valence-corrected chi connectivity index (χ3v) is 4.05. The fraction of sp³-hybridized carbons (Fsp3) is 0.278. The van der Waals surface area contributed by atoms with E-state index in [9.17, 15) is 4.79 Å². The molecule has 1 atom stereocenters. The third kappa shape index (κ3) is 5.71. The molecule has 128 valence electrons. The number of nitrogens with one attached hydrogen (secondary N) is 2. The van der Waals surface area contributed by atoms with Crippen LogP contribution in [0.15, 0.2) is 42.5 Å². The van der Waals surface area contributed by atoms with Crippen molar-refractivity contribution in [2.45, 2.75) is 13.1 Å². The van der Waals surface area contributed by atoms with Crippen LogP contribution in [-0.2, 0) is 17.9 Å². The van der Waals surface area contributed by atoms with Crippen LogP contribution >= 0.6 is 23.2 Å². The second-order valence-electron chi connectivity index (χ2n) is 5.67. The molecule has 2 rings (SSSR count). The first-order chi connectivity index (χ1) is 11.5. The lowest BCUT2D eigenvalue weighted by Gasteiger charge is -2.16. The minimum atomic E-state index is -0.0199. The van der Waals surface area contributed by atoms with Gasteiger partial charge in [-0.2, -0.15) is 0 Å². The van der Waals surface area contributed by atoms with Gasteiger partial charge in [-0.3, -0.25) is 4.79 Å². The van der Waals surface area contributed by atoms with Gasteiger partial charge in [-0.05, 0) is 35.9 Å². The highest BCUT2D eigenvalue weighted by Crippen LogP contribution is 2.21. The molecule has 1 unspecified atom stereocenters. The van der Waals surface area contributed by atoms with E-state index in [0.29, 0.717) is 29.7 Å². The molecule has 0 saturated heterocycles. The molecule has 24 heavy (non-hydrogen) atoms. The Morgan fingerprint density at radius 3 is 2.62 bits per heavy atom. The fourth-order valence-electron chi connectivity index (χ4n) is 2.46. The van der Waals surface area contributed by atoms with Crippen LogP contribution in [0.3, 0.4) is 0 Å². The summed E-state index contributed by atoms with van der Waals surface area (Å²) in [5.41, 5.74) is 1.95. The summed E-state index contributed by atoms with van der Waals surface area (Å²) in [4.78, 5) is 13.1. The van der Waals surface area contributed by atoms with Gasteiger partial charge in [0.15, 0.2) is 6.54 Å². The summed E-state index contributed by atoms with van der Waals surface area (Å²) >= 11 is 12.0. The zero-order valence-electron chi connectivity index (χ0n) is 13.7. The van der Waals surface area contributed by atoms with E-state index in [2.05, 4.69) is 5.32 Å². The Morgan fingerprint density at radius 1 is 1.17 bits per heavy atom. The van der Waals surface area contributed by atoms with Gasteiger partial charge in [-0.15, -0.1) is 0 Å². The van der Waals surface area contributed by atoms with Crippen molar-refractivity contribution >= 4 is 29.1 Å². The molecule has 1 amide bonds. The number of hydrogen-bond acceptors (Lipinski definition) is 2. The Hall–Kier alpha value is -1.75. The number of hydrogen-bond donors (Lipinski definition) is 2. The lowest BCUT2D eigenvalue weighted by Crippen LogP contribution is -3.08. The van der Waals surface area contributed by atoms with Gasteiger partial charge >= 0.3 is 0 Å². The van der Waals surface area contributed by atoms with Crippen molar-refractivity contribution in [3.8, 4) is 5.75 Å². The van der Waals surface area contributed by atoms with Crippen LogP contribution in [-0.4, -0.2) is 26.6 Å². The van der Waals surface area contributed by atoms with Crippen molar-refractivity contribution in [2.24, 2.45) is 0 Å². The molecule has 0 aliphatic carbocycles. The molecule has 0 saturated carbocycles. The van der Waals surface area contributed by atoms with Crippen molar-refractivity contribution < 1.29 is 14.4 Å². The van der Waals surface area contributed by atoms with Crippen molar-refractivity contribution in [2.75, 3.05) is 20.7 Å². The van der Waals surface area contributed by atoms with E-state index in [1.807, 2.05) is 43.4 Å². The maximum absolute atomic E-state index is 12.1. The SMILES string of the molecule is COc1ccc(Cl)cc1C[NH+](C)CC(=O)NCc1cccc(Cl)c1. The van der Waals surface area contributed by atoms with Gasteiger partial charge < -0.3 is 15.0 Å². The number of benzene rings is 2. The summed E-state index contributed by atoms with van der Waals surface area (Å²) in [6.45, 7) is 1.47. The van der Waals surface area contributed by atoms with Crippen LogP contribution in [0.25, 0.3) is 0 Å². The smallest absolute Gasteiger partial charge is 0.275 e. The first kappa shape index (κ1) is 18.6. The Morgan fingerprint density at radius 2 is 1.92 bits per heavy atom. The predicted octanol–water partition coefficient (Wildman–Crippen LogP) is 2.33. The fourth-order valence-corrected chi connectivity index (χ4v) is 2.86. The molecule has 0 fully saturated rings. The van der Waals surface area contributed by atoms with Gasteiger partial charge in [0, 0.05) is 22.2 Å². The predicted molar refractivity (Wildman–Crippen MR) is 96.8 cm³/mol. The Balaban J connectivity index is 1.86. The highest BCUT2D eigenvalue weighted by Gasteiger charge is 2.13. The average molecular weight is 368 g/mol. The number of quaternary nitrogens is 1. The number of carbonyl (C=O) groups excluding carboxylic acids is 1. The summed E-state index contributed by atoms with van der Waals surface area (Å²) in [5.74, 6) is 0.756. The molecule has 0 radical (unpaired) electrons. The molecule has 0 heterocycles. The average Bonchev–Trinajstić information content (AvgIpc) is 2.53. The van der Waals surface area contributed by atoms with Gasteiger partial charge in [0.1, 0.15) is 12.3 Å². The number of halogens is 2. The molecule has 2 N–H and O–H groups in total. The number of methoxy groups -OCH3 is 1. The molecule has 6 heteroatoms. The molecule has 0 aromatic heterocycles. The molecule has 0 aliphatic heterocycles. The lowest BCUT2D eigenvalue weighted by atomic mass is 10.2. The quantitative estimate of drug-likeness (QED) is 0.788. The summed E-state index contributed by atoms with van der Waals surface area (Å²) < 4.78 is 5.34. The number of ether oxygens (including phenoxy) is 1. The Labute approximate surface area is 152 Å². The van der Waals surface area contributed by atoms with Gasteiger partial charge in [0.2, 0.25) is 0 Å². The maximum Gasteiger partial charge on any atom is 0.275 e. The molecular weight excluding hydrogens is 347 g/mol. The number of carbonyl (C=O) groups is 1. The van der Waals surface area contributed by atoms with Crippen LogP contribution in [0.2, 0.25) is 10.0 Å². The molecular formula is C18H21Cl2N2O2+. The second-order valence-corrected chi connectivity index (χ2v) is 6.55. The molecule has 2 aromatic carbocycles. The normalized spacial score (nSPS) is 11.8. The zero-order valence-corrected chi connectivity index (χ0v) is 15.2. The van der Waals surface area contributed by atoms with Crippen LogP contribution in [0.5, 0.6) is 5.75 Å². The number of likely N-dealkylation sites (N-methyl/N-ethyl adjacent to an activating group) is 1. The summed E-state index contributed by atoms with van der Waals surface area (Å²) in [6, 6.07) is 12.9. The highest BCUT2D eigenvalue weighted by molar-refractivity contribution is 6.30. The van der Waals surface area contributed by atoms with E-state index in [-0.39, 0.29) is 5.91 Å². The molecule has 0 aliphatic rings. The van der Waals surface area contributed by atoms with Crippen molar-refractivity contribution in [3.05, 3.63) is 63.6 Å². The topological polar surface area (TPSA) is 42.8 Å². The second kappa shape index (κ2) is 8.92. The number of rotatable bonds is 7. The minimum Gasteiger partial charge on any atom is -0.496 e. The first-order valence-electron chi connectivity index (χ1n) is 7.63. The molecule has 2 aromatic rings. The summed E-state index contributed by atoms with van der Waals surface area (Å²) in [5, 5.41) is 4.23. The van der Waals surface area contributed by atoms with Crippen LogP contribution in [0, 0.1) is 0 Å². The largest absolute Gasteiger partial charge is 0.496 e. The monoisotopic (exact) mass is 367 g/mol. The van der Waals surface area contributed by atoms with Crippen LogP contribution in [0.1, 0.15) is 11.1 Å². The van der Waals surface area contributed by atoms with E-state index >= 15 is 0 Å². The third-order valence-electron chi connectivity index (χ3n) is 3.58. The van der Waals surface area contributed by atoms with E-state index in [0.717, 1.165) is 21.8 Å². The first-order valence-corrected chi connectivity index (χ1v) is 8.38. The van der Waals surface area contributed by atoms with Crippen LogP contribution in [0.4, 0.5) is 0 Å². The van der Waals surface area contributed by atoms with Crippen molar-refractivity contribution in [1.82, 2.24) is 5.32 Å². The van der Waals surface area contributed by atoms with Gasteiger partial charge in [0.25, 0.3) is 5.91 Å². The van der Waals surface area contributed by atoms with Gasteiger partial charge in [-0.25, -0.2) is 0 Å². The summed E-state index contributed by atoms with van der Waals surface area (Å²) in [6.07, 6.45) is 0. The zero-order chi connectivity index (χ0) is 17.5. The van der Waals surface area contributed by atoms with Crippen molar-refractivity contribution in [1.29, 1.82) is 0 Å². The minimum absolute atomic E-state index is 0.0199. The van der Waals surface area contributed by atoms with E-state index in [1.54, 1.807) is 13.2 Å². The van der Waals surface area contributed by atoms with Crippen LogP contribution < -0.4 is 15.0 Å². The Kier molecular flexibility index (Phi) is 6.91. The van der Waals surface area contributed by atoms with E-state index in [1.165, 1.54) is 0 Å².